The number of hydrogen-bond acceptors (Lipinski definition) is 5. The van der Waals surface area contributed by atoms with E-state index in [0.717, 1.165) is 11.1 Å². The number of oxazole rings is 1. The van der Waals surface area contributed by atoms with E-state index in [-0.39, 0.29) is 16.4 Å². The van der Waals surface area contributed by atoms with Gasteiger partial charge in [-0.25, -0.2) is 4.39 Å². The first-order valence-corrected chi connectivity index (χ1v) is 7.18. The molecule has 3 aromatic rings. The molecule has 0 N–H and O–H groups in total. The summed E-state index contributed by atoms with van der Waals surface area (Å²) in [5, 5.41) is 11.1. The zero-order valence-corrected chi connectivity index (χ0v) is 12.0. The third-order valence-electron chi connectivity index (χ3n) is 4.05. The van der Waals surface area contributed by atoms with Gasteiger partial charge >= 0.3 is 0 Å². The minimum Gasteiger partial charge on any atom is -0.423 e. The van der Waals surface area contributed by atoms with Gasteiger partial charge in [-0.15, -0.1) is 0 Å². The maximum atomic E-state index is 13.2. The summed E-state index contributed by atoms with van der Waals surface area (Å²) in [4.78, 5) is 17.0. The van der Waals surface area contributed by atoms with Gasteiger partial charge in [0.25, 0.3) is 11.7 Å². The van der Waals surface area contributed by atoms with Crippen molar-refractivity contribution >= 4 is 22.8 Å². The summed E-state index contributed by atoms with van der Waals surface area (Å²) in [7, 11) is 0. The Balaban J connectivity index is 1.69. The Bertz CT molecular complexity index is 922. The molecule has 0 atom stereocenters. The zero-order valence-electron chi connectivity index (χ0n) is 12.0. The molecule has 0 spiro atoms. The van der Waals surface area contributed by atoms with Crippen LogP contribution in [0.15, 0.2) is 40.8 Å². The zero-order chi connectivity index (χ0) is 16.0. The number of rotatable bonds is 2. The number of fused-ring (bicyclic) bond motifs is 2. The number of nitro groups is 1. The highest BCUT2D eigenvalue weighted by molar-refractivity contribution is 5.74. The minimum atomic E-state index is -0.364. The van der Waals surface area contributed by atoms with Crippen LogP contribution in [-0.4, -0.2) is 16.5 Å². The van der Waals surface area contributed by atoms with Crippen LogP contribution in [0.5, 0.6) is 0 Å². The molecule has 0 bridgehead atoms. The molecular weight excluding hydrogens is 301 g/mol. The lowest BCUT2D eigenvalue weighted by Gasteiger charge is -2.27. The lowest BCUT2D eigenvalue weighted by atomic mass is 9.98. The van der Waals surface area contributed by atoms with Gasteiger partial charge < -0.3 is 9.32 Å². The Hall–Kier alpha value is -2.96. The summed E-state index contributed by atoms with van der Waals surface area (Å²) in [6.07, 6.45) is 0.541. The summed E-state index contributed by atoms with van der Waals surface area (Å²) in [6.45, 7) is 1.04. The van der Waals surface area contributed by atoms with Crippen LogP contribution in [0.1, 0.15) is 11.1 Å². The molecule has 7 heteroatoms. The van der Waals surface area contributed by atoms with Crippen molar-refractivity contribution in [1.82, 2.24) is 4.98 Å². The number of anilines is 1. The van der Waals surface area contributed by atoms with E-state index in [9.17, 15) is 14.5 Å². The maximum absolute atomic E-state index is 13.2. The second-order valence-corrected chi connectivity index (χ2v) is 5.45. The molecule has 0 saturated heterocycles. The lowest BCUT2D eigenvalue weighted by molar-refractivity contribution is -0.385. The molecule has 0 radical (unpaired) electrons. The van der Waals surface area contributed by atoms with Crippen LogP contribution in [0.2, 0.25) is 0 Å². The van der Waals surface area contributed by atoms with Gasteiger partial charge in [0.15, 0.2) is 5.58 Å². The van der Waals surface area contributed by atoms with Crippen molar-refractivity contribution in [3.8, 4) is 0 Å². The van der Waals surface area contributed by atoms with Crippen molar-refractivity contribution in [2.75, 3.05) is 11.4 Å². The van der Waals surface area contributed by atoms with Gasteiger partial charge in [0.2, 0.25) is 0 Å². The number of halogens is 1. The fourth-order valence-electron chi connectivity index (χ4n) is 2.95. The summed E-state index contributed by atoms with van der Waals surface area (Å²) in [5.74, 6) is -0.364. The highest BCUT2D eigenvalue weighted by Gasteiger charge is 2.26. The SMILES string of the molecule is O=[N+]([O-])c1cccc2c1CCN(c1nc3cc(F)ccc3o1)C2. The van der Waals surface area contributed by atoms with Crippen LogP contribution in [-0.2, 0) is 13.0 Å². The van der Waals surface area contributed by atoms with E-state index in [1.807, 2.05) is 11.0 Å². The number of hydrogen-bond donors (Lipinski definition) is 0. The summed E-state index contributed by atoms with van der Waals surface area (Å²) >= 11 is 0. The Kier molecular flexibility index (Phi) is 3.00. The molecule has 1 aliphatic heterocycles. The largest absolute Gasteiger partial charge is 0.423 e. The molecule has 1 aliphatic rings. The van der Waals surface area contributed by atoms with Crippen molar-refractivity contribution in [3.05, 3.63) is 63.5 Å². The highest BCUT2D eigenvalue weighted by atomic mass is 19.1. The Labute approximate surface area is 130 Å². The summed E-state index contributed by atoms with van der Waals surface area (Å²) in [6, 6.07) is 9.68. The van der Waals surface area contributed by atoms with E-state index in [1.165, 1.54) is 18.2 Å². The van der Waals surface area contributed by atoms with Crippen LogP contribution >= 0.6 is 0 Å². The normalized spacial score (nSPS) is 14.0. The predicted molar refractivity (Wildman–Crippen MR) is 81.8 cm³/mol. The Morgan fingerprint density at radius 1 is 1.30 bits per heavy atom. The van der Waals surface area contributed by atoms with Crippen molar-refractivity contribution in [1.29, 1.82) is 0 Å². The Morgan fingerprint density at radius 2 is 2.17 bits per heavy atom. The van der Waals surface area contributed by atoms with Crippen molar-refractivity contribution in [2.45, 2.75) is 13.0 Å². The molecule has 116 valence electrons. The van der Waals surface area contributed by atoms with Gasteiger partial charge in [-0.05, 0) is 24.1 Å². The van der Waals surface area contributed by atoms with Gasteiger partial charge in [-0.2, -0.15) is 4.98 Å². The first kappa shape index (κ1) is 13.7. The topological polar surface area (TPSA) is 72.4 Å². The van der Waals surface area contributed by atoms with Crippen LogP contribution in [0.4, 0.5) is 16.1 Å². The fraction of sp³-hybridized carbons (Fsp3) is 0.188. The smallest absolute Gasteiger partial charge is 0.298 e. The first-order chi connectivity index (χ1) is 11.1. The van der Waals surface area contributed by atoms with Gasteiger partial charge in [-0.3, -0.25) is 10.1 Å². The molecule has 2 heterocycles. The maximum Gasteiger partial charge on any atom is 0.298 e. The first-order valence-electron chi connectivity index (χ1n) is 7.18. The number of aromatic nitrogens is 1. The lowest BCUT2D eigenvalue weighted by Crippen LogP contribution is -2.30. The molecule has 23 heavy (non-hydrogen) atoms. The molecule has 0 unspecified atom stereocenters. The minimum absolute atomic E-state index is 0.154. The number of nitrogens with zero attached hydrogens (tertiary/aromatic N) is 3. The van der Waals surface area contributed by atoms with Crippen LogP contribution in [0.25, 0.3) is 11.1 Å². The van der Waals surface area contributed by atoms with E-state index in [1.54, 1.807) is 12.1 Å². The molecule has 4 rings (SSSR count). The number of benzene rings is 2. The van der Waals surface area contributed by atoms with Crippen LogP contribution < -0.4 is 4.90 Å². The molecule has 0 amide bonds. The molecule has 0 aliphatic carbocycles. The fourth-order valence-corrected chi connectivity index (χ4v) is 2.95. The third kappa shape index (κ3) is 2.30. The summed E-state index contributed by atoms with van der Waals surface area (Å²) in [5.41, 5.74) is 2.78. The molecular formula is C16H12FN3O3. The van der Waals surface area contributed by atoms with Crippen LogP contribution in [0, 0.1) is 15.9 Å². The second-order valence-electron chi connectivity index (χ2n) is 5.45. The number of nitro benzene ring substituents is 1. The molecule has 2 aromatic carbocycles. The quantitative estimate of drug-likeness (QED) is 0.535. The molecule has 6 nitrogen and oxygen atoms in total. The molecule has 0 saturated carbocycles. The monoisotopic (exact) mass is 313 g/mol. The molecule has 0 fully saturated rings. The van der Waals surface area contributed by atoms with Crippen molar-refractivity contribution in [2.24, 2.45) is 0 Å². The van der Waals surface area contributed by atoms with Gasteiger partial charge in [0.1, 0.15) is 11.3 Å². The van der Waals surface area contributed by atoms with E-state index in [0.29, 0.717) is 36.6 Å². The van der Waals surface area contributed by atoms with Crippen molar-refractivity contribution < 1.29 is 13.7 Å². The Morgan fingerprint density at radius 3 is 3.00 bits per heavy atom. The van der Waals surface area contributed by atoms with Crippen molar-refractivity contribution in [3.63, 3.8) is 0 Å². The second kappa shape index (κ2) is 5.05. The average Bonchev–Trinajstić information content (AvgIpc) is 2.96. The van der Waals surface area contributed by atoms with E-state index in [4.69, 9.17) is 4.42 Å². The van der Waals surface area contributed by atoms with Crippen LogP contribution in [0.3, 0.4) is 0 Å². The third-order valence-corrected chi connectivity index (χ3v) is 4.05. The highest BCUT2D eigenvalue weighted by Crippen LogP contribution is 2.31. The van der Waals surface area contributed by atoms with Gasteiger partial charge in [-0.1, -0.05) is 12.1 Å². The van der Waals surface area contributed by atoms with E-state index < -0.39 is 0 Å². The predicted octanol–water partition coefficient (Wildman–Crippen LogP) is 3.44. The van der Waals surface area contributed by atoms with Gasteiger partial charge in [0, 0.05) is 30.8 Å². The van der Waals surface area contributed by atoms with Gasteiger partial charge in [0.05, 0.1) is 4.92 Å². The average molecular weight is 313 g/mol. The summed E-state index contributed by atoms with van der Waals surface area (Å²) < 4.78 is 18.9. The van der Waals surface area contributed by atoms with E-state index >= 15 is 0 Å². The van der Waals surface area contributed by atoms with E-state index in [2.05, 4.69) is 4.98 Å². The standard InChI is InChI=1S/C16H12FN3O3/c17-11-4-5-15-13(8-11)18-16(23-15)19-7-6-12-10(9-19)2-1-3-14(12)20(21)22/h1-5,8H,6-7,9H2. The molecule has 1 aromatic heterocycles.